The zero-order valence-electron chi connectivity index (χ0n) is 11.7. The maximum absolute atomic E-state index is 11.5. The lowest BCUT2D eigenvalue weighted by molar-refractivity contribution is -0.148. The normalized spacial score (nSPS) is 11.8. The van der Waals surface area contributed by atoms with Gasteiger partial charge in [-0.2, -0.15) is 0 Å². The lowest BCUT2D eigenvalue weighted by atomic mass is 10.1. The molecule has 1 rings (SSSR count). The molecule has 0 bridgehead atoms. The zero-order chi connectivity index (χ0) is 13.6. The molecule has 0 aliphatic carbocycles. The van der Waals surface area contributed by atoms with Gasteiger partial charge in [-0.3, -0.25) is 0 Å². The Morgan fingerprint density at radius 3 is 2.33 bits per heavy atom. The van der Waals surface area contributed by atoms with Crippen LogP contribution in [0.15, 0.2) is 30.3 Å². The van der Waals surface area contributed by atoms with E-state index in [9.17, 15) is 4.79 Å². The second-order valence-corrected chi connectivity index (χ2v) is 5.36. The fraction of sp³-hybridized carbons (Fsp3) is 0.438. The van der Waals surface area contributed by atoms with Crippen molar-refractivity contribution in [3.63, 3.8) is 0 Å². The van der Waals surface area contributed by atoms with Gasteiger partial charge in [0.05, 0.1) is 0 Å². The highest BCUT2D eigenvalue weighted by Crippen LogP contribution is 2.10. The number of ether oxygens (including phenoxy) is 1. The summed E-state index contributed by atoms with van der Waals surface area (Å²) in [4.78, 5) is 11.5. The molecular weight excluding hydrogens is 224 g/mol. The van der Waals surface area contributed by atoms with Gasteiger partial charge in [0.15, 0.2) is 0 Å². The maximum atomic E-state index is 11.5. The van der Waals surface area contributed by atoms with Crippen LogP contribution in [0.2, 0.25) is 0 Å². The molecule has 0 fully saturated rings. The van der Waals surface area contributed by atoms with Gasteiger partial charge in [0.1, 0.15) is 5.60 Å². The van der Waals surface area contributed by atoms with E-state index in [0.717, 1.165) is 18.4 Å². The van der Waals surface area contributed by atoms with Crippen molar-refractivity contribution in [1.29, 1.82) is 0 Å². The number of hydrogen-bond donors (Lipinski definition) is 0. The molecule has 18 heavy (non-hydrogen) atoms. The van der Waals surface area contributed by atoms with E-state index in [1.165, 1.54) is 11.6 Å². The van der Waals surface area contributed by atoms with Gasteiger partial charge in [-0.05, 0) is 44.4 Å². The van der Waals surface area contributed by atoms with E-state index in [0.29, 0.717) is 0 Å². The quantitative estimate of drug-likeness (QED) is 0.593. The van der Waals surface area contributed by atoms with Gasteiger partial charge < -0.3 is 4.74 Å². The third kappa shape index (κ3) is 5.67. The molecule has 0 amide bonds. The van der Waals surface area contributed by atoms with E-state index in [4.69, 9.17) is 4.74 Å². The zero-order valence-corrected chi connectivity index (χ0v) is 11.7. The van der Waals surface area contributed by atoms with Gasteiger partial charge in [0.25, 0.3) is 0 Å². The highest BCUT2D eigenvalue weighted by atomic mass is 16.6. The summed E-state index contributed by atoms with van der Waals surface area (Å²) in [5.74, 6) is -0.305. The maximum Gasteiger partial charge on any atom is 0.331 e. The molecule has 0 saturated heterocycles. The smallest absolute Gasteiger partial charge is 0.331 e. The van der Waals surface area contributed by atoms with E-state index >= 15 is 0 Å². The second kappa shape index (κ2) is 6.39. The Balaban J connectivity index is 2.59. The SMILES string of the molecule is CCCc1ccc(/C=C/C(=O)OC(C)(C)C)cc1. The van der Waals surface area contributed by atoms with Crippen molar-refractivity contribution in [2.75, 3.05) is 0 Å². The molecule has 1 aromatic carbocycles. The molecule has 2 nitrogen and oxygen atoms in total. The molecule has 0 radical (unpaired) electrons. The predicted molar refractivity (Wildman–Crippen MR) is 75.3 cm³/mol. The van der Waals surface area contributed by atoms with E-state index in [-0.39, 0.29) is 5.97 Å². The van der Waals surface area contributed by atoms with Gasteiger partial charge in [-0.1, -0.05) is 37.6 Å². The summed E-state index contributed by atoms with van der Waals surface area (Å²) in [7, 11) is 0. The van der Waals surface area contributed by atoms with Crippen molar-refractivity contribution >= 4 is 12.0 Å². The Morgan fingerprint density at radius 1 is 1.22 bits per heavy atom. The first-order valence-corrected chi connectivity index (χ1v) is 6.41. The Labute approximate surface area is 110 Å². The Hall–Kier alpha value is -1.57. The summed E-state index contributed by atoms with van der Waals surface area (Å²) in [6.07, 6.45) is 5.49. The van der Waals surface area contributed by atoms with Crippen LogP contribution >= 0.6 is 0 Å². The standard InChI is InChI=1S/C16H22O2/c1-5-6-13-7-9-14(10-8-13)11-12-15(17)18-16(2,3)4/h7-12H,5-6H2,1-4H3/b12-11+. The van der Waals surface area contributed by atoms with Gasteiger partial charge in [-0.15, -0.1) is 0 Å². The lowest BCUT2D eigenvalue weighted by Gasteiger charge is -2.17. The molecule has 0 heterocycles. The van der Waals surface area contributed by atoms with Crippen LogP contribution in [0.3, 0.4) is 0 Å². The van der Waals surface area contributed by atoms with Crippen molar-refractivity contribution in [3.8, 4) is 0 Å². The predicted octanol–water partition coefficient (Wildman–Crippen LogP) is 3.99. The topological polar surface area (TPSA) is 26.3 Å². The number of carbonyl (C=O) groups excluding carboxylic acids is 1. The number of aryl methyl sites for hydroxylation is 1. The first kappa shape index (κ1) is 14.5. The molecule has 98 valence electrons. The molecule has 0 aromatic heterocycles. The van der Waals surface area contributed by atoms with Crippen LogP contribution in [0.5, 0.6) is 0 Å². The summed E-state index contributed by atoms with van der Waals surface area (Å²) >= 11 is 0. The Bertz CT molecular complexity index is 408. The Kier molecular flexibility index (Phi) is 5.14. The Morgan fingerprint density at radius 2 is 1.83 bits per heavy atom. The molecule has 0 unspecified atom stereocenters. The van der Waals surface area contributed by atoms with Crippen molar-refractivity contribution in [2.24, 2.45) is 0 Å². The van der Waals surface area contributed by atoms with E-state index in [1.54, 1.807) is 6.08 Å². The number of benzene rings is 1. The largest absolute Gasteiger partial charge is 0.457 e. The first-order valence-electron chi connectivity index (χ1n) is 6.41. The fourth-order valence-corrected chi connectivity index (χ4v) is 1.58. The van der Waals surface area contributed by atoms with Crippen LogP contribution in [0, 0.1) is 0 Å². The monoisotopic (exact) mass is 246 g/mol. The van der Waals surface area contributed by atoms with Crippen LogP contribution in [0.25, 0.3) is 6.08 Å². The summed E-state index contributed by atoms with van der Waals surface area (Å²) in [6, 6.07) is 8.23. The van der Waals surface area contributed by atoms with Crippen LogP contribution in [0.1, 0.15) is 45.2 Å². The van der Waals surface area contributed by atoms with Gasteiger partial charge in [0, 0.05) is 6.08 Å². The average Bonchev–Trinajstić information content (AvgIpc) is 2.26. The highest BCUT2D eigenvalue weighted by Gasteiger charge is 2.13. The van der Waals surface area contributed by atoms with E-state index in [1.807, 2.05) is 32.9 Å². The van der Waals surface area contributed by atoms with E-state index < -0.39 is 5.60 Å². The van der Waals surface area contributed by atoms with Gasteiger partial charge in [0.2, 0.25) is 0 Å². The van der Waals surface area contributed by atoms with Crippen LogP contribution in [0.4, 0.5) is 0 Å². The highest BCUT2D eigenvalue weighted by molar-refractivity contribution is 5.87. The summed E-state index contributed by atoms with van der Waals surface area (Å²) < 4.78 is 5.20. The summed E-state index contributed by atoms with van der Waals surface area (Å²) in [5, 5.41) is 0. The minimum atomic E-state index is -0.438. The summed E-state index contributed by atoms with van der Waals surface area (Å²) in [6.45, 7) is 7.74. The molecule has 0 N–H and O–H groups in total. The molecule has 0 spiro atoms. The third-order valence-corrected chi connectivity index (χ3v) is 2.34. The molecule has 0 atom stereocenters. The molecule has 0 aliphatic heterocycles. The molecule has 1 aromatic rings. The van der Waals surface area contributed by atoms with Crippen molar-refractivity contribution in [3.05, 3.63) is 41.5 Å². The lowest BCUT2D eigenvalue weighted by Crippen LogP contribution is -2.22. The number of esters is 1. The minimum absolute atomic E-state index is 0.305. The van der Waals surface area contributed by atoms with Gasteiger partial charge in [-0.25, -0.2) is 4.79 Å². The fourth-order valence-electron chi connectivity index (χ4n) is 1.58. The van der Waals surface area contributed by atoms with Crippen LogP contribution in [-0.4, -0.2) is 11.6 Å². The third-order valence-electron chi connectivity index (χ3n) is 2.34. The van der Waals surface area contributed by atoms with Crippen molar-refractivity contribution in [1.82, 2.24) is 0 Å². The molecule has 2 heteroatoms. The average molecular weight is 246 g/mol. The van der Waals surface area contributed by atoms with Crippen LogP contribution in [-0.2, 0) is 16.0 Å². The van der Waals surface area contributed by atoms with Crippen LogP contribution < -0.4 is 0 Å². The van der Waals surface area contributed by atoms with E-state index in [2.05, 4.69) is 19.1 Å². The number of carbonyl (C=O) groups is 1. The number of hydrogen-bond acceptors (Lipinski definition) is 2. The van der Waals surface area contributed by atoms with Gasteiger partial charge >= 0.3 is 5.97 Å². The summed E-state index contributed by atoms with van der Waals surface area (Å²) in [5.41, 5.74) is 1.90. The number of rotatable bonds is 4. The molecule has 0 aliphatic rings. The molecule has 0 saturated carbocycles. The van der Waals surface area contributed by atoms with Crippen molar-refractivity contribution < 1.29 is 9.53 Å². The second-order valence-electron chi connectivity index (χ2n) is 5.36. The first-order chi connectivity index (χ1) is 8.40. The molecular formula is C16H22O2. The van der Waals surface area contributed by atoms with Crippen molar-refractivity contribution in [2.45, 2.75) is 46.1 Å². The minimum Gasteiger partial charge on any atom is -0.457 e.